The number of nitrogens with one attached hydrogen (secondary N) is 3. The number of rotatable bonds is 3. The molecule has 3 heterocycles. The molecule has 0 bridgehead atoms. The molecule has 0 aliphatic carbocycles. The van der Waals surface area contributed by atoms with Crippen molar-refractivity contribution in [2.24, 2.45) is 5.92 Å². The van der Waals surface area contributed by atoms with Crippen LogP contribution in [-0.2, 0) is 4.79 Å². The van der Waals surface area contributed by atoms with Crippen LogP contribution in [0.15, 0.2) is 41.2 Å². The van der Waals surface area contributed by atoms with Gasteiger partial charge in [-0.1, -0.05) is 29.3 Å². The topological polar surface area (TPSA) is 129 Å². The summed E-state index contributed by atoms with van der Waals surface area (Å²) in [7, 11) is 0. The molecule has 3 aromatic rings. The third-order valence-electron chi connectivity index (χ3n) is 5.52. The second-order valence-electron chi connectivity index (χ2n) is 7.79. The predicted molar refractivity (Wildman–Crippen MR) is 126 cm³/mol. The zero-order valence-electron chi connectivity index (χ0n) is 17.5. The minimum absolute atomic E-state index is 0.0630. The molecule has 3 N–H and O–H groups in total. The van der Waals surface area contributed by atoms with Crippen LogP contribution in [0.1, 0.15) is 23.5 Å². The number of aromatic nitrogens is 2. The molecule has 9 nitrogen and oxygen atoms in total. The first-order chi connectivity index (χ1) is 16.4. The average Bonchev–Trinajstić information content (AvgIpc) is 3.02. The molecule has 0 saturated carbocycles. The van der Waals surface area contributed by atoms with Crippen molar-refractivity contribution < 1.29 is 14.3 Å². The van der Waals surface area contributed by atoms with Crippen molar-refractivity contribution in [3.63, 3.8) is 0 Å². The lowest BCUT2D eigenvalue weighted by Crippen LogP contribution is -2.38. The second-order valence-corrected chi connectivity index (χ2v) is 8.66. The third kappa shape index (κ3) is 4.14. The third-order valence-corrected chi connectivity index (χ3v) is 5.96. The maximum absolute atomic E-state index is 13.2. The van der Waals surface area contributed by atoms with Gasteiger partial charge in [0.15, 0.2) is 11.5 Å². The van der Waals surface area contributed by atoms with Gasteiger partial charge in [0.25, 0.3) is 5.56 Å². The number of nitriles is 1. The summed E-state index contributed by atoms with van der Waals surface area (Å²) in [6.07, 6.45) is 0.733. The van der Waals surface area contributed by atoms with Crippen LogP contribution in [0, 0.1) is 17.2 Å². The number of nitrogens with zero attached hydrogens (tertiary/aromatic N) is 2. The van der Waals surface area contributed by atoms with Gasteiger partial charge in [0.1, 0.15) is 11.7 Å². The second kappa shape index (κ2) is 8.89. The molecule has 0 radical (unpaired) electrons. The Labute approximate surface area is 203 Å². The predicted octanol–water partition coefficient (Wildman–Crippen LogP) is 4.21. The summed E-state index contributed by atoms with van der Waals surface area (Å²) >= 11 is 12.1. The zero-order chi connectivity index (χ0) is 23.8. The van der Waals surface area contributed by atoms with Crippen LogP contribution in [0.3, 0.4) is 0 Å². The number of fused-ring (bicyclic) bond motifs is 2. The number of carbonyl (C=O) groups is 1. The Hall–Kier alpha value is -3.74. The standard InChI is InChI=1S/C23H17Cl2N5O4/c24-12-7-13(25)9-14(8-12)27-23-29-20-19(22(32)30-23)18(15(10-26)21(31)28-20)11-2-3-16-17(6-11)34-5-1-4-33-16/h2-3,6-9,15,18H,1,4-5H2,(H3,27,28,29,30,31,32). The van der Waals surface area contributed by atoms with E-state index in [1.54, 1.807) is 36.4 Å². The van der Waals surface area contributed by atoms with Gasteiger partial charge in [-0.2, -0.15) is 10.2 Å². The molecular formula is C23H17Cl2N5O4. The van der Waals surface area contributed by atoms with Gasteiger partial charge in [0, 0.05) is 28.1 Å². The van der Waals surface area contributed by atoms with Crippen molar-refractivity contribution in [2.75, 3.05) is 23.8 Å². The minimum Gasteiger partial charge on any atom is -0.490 e. The molecule has 2 unspecified atom stereocenters. The molecule has 34 heavy (non-hydrogen) atoms. The molecule has 2 aromatic carbocycles. The fourth-order valence-electron chi connectivity index (χ4n) is 4.07. The number of ether oxygens (including phenoxy) is 2. The van der Waals surface area contributed by atoms with Crippen LogP contribution in [0.5, 0.6) is 11.5 Å². The summed E-state index contributed by atoms with van der Waals surface area (Å²) in [5.41, 5.74) is 0.743. The molecule has 0 spiro atoms. The average molecular weight is 498 g/mol. The summed E-state index contributed by atoms with van der Waals surface area (Å²) < 4.78 is 11.4. The highest BCUT2D eigenvalue weighted by molar-refractivity contribution is 6.35. The molecule has 172 valence electrons. The molecule has 0 saturated heterocycles. The summed E-state index contributed by atoms with van der Waals surface area (Å²) in [6, 6.07) is 12.0. The highest BCUT2D eigenvalue weighted by atomic mass is 35.5. The van der Waals surface area contributed by atoms with E-state index in [1.807, 2.05) is 6.07 Å². The fourth-order valence-corrected chi connectivity index (χ4v) is 4.59. The Morgan fingerprint density at radius 1 is 1.06 bits per heavy atom. The highest BCUT2D eigenvalue weighted by Crippen LogP contribution is 2.41. The molecular weight excluding hydrogens is 481 g/mol. The van der Waals surface area contributed by atoms with E-state index in [4.69, 9.17) is 32.7 Å². The largest absolute Gasteiger partial charge is 0.490 e. The Bertz CT molecular complexity index is 1380. The monoisotopic (exact) mass is 497 g/mol. The van der Waals surface area contributed by atoms with Crippen LogP contribution >= 0.6 is 23.2 Å². The van der Waals surface area contributed by atoms with Gasteiger partial charge in [-0.15, -0.1) is 0 Å². The number of benzene rings is 2. The lowest BCUT2D eigenvalue weighted by molar-refractivity contribution is -0.119. The molecule has 1 amide bonds. The fraction of sp³-hybridized carbons (Fsp3) is 0.217. The van der Waals surface area contributed by atoms with Gasteiger partial charge in [-0.05, 0) is 35.9 Å². The van der Waals surface area contributed by atoms with E-state index in [1.165, 1.54) is 0 Å². The van der Waals surface area contributed by atoms with Crippen LogP contribution in [0.25, 0.3) is 0 Å². The van der Waals surface area contributed by atoms with Gasteiger partial charge in [0.2, 0.25) is 11.9 Å². The van der Waals surface area contributed by atoms with E-state index in [2.05, 4.69) is 20.6 Å². The lowest BCUT2D eigenvalue weighted by atomic mass is 9.79. The highest BCUT2D eigenvalue weighted by Gasteiger charge is 2.40. The molecule has 5 rings (SSSR count). The Morgan fingerprint density at radius 3 is 2.53 bits per heavy atom. The van der Waals surface area contributed by atoms with Crippen LogP contribution in [-0.4, -0.2) is 29.1 Å². The first kappa shape index (κ1) is 22.1. The Kier molecular flexibility index (Phi) is 5.77. The van der Waals surface area contributed by atoms with Crippen molar-refractivity contribution in [1.82, 2.24) is 9.97 Å². The Balaban J connectivity index is 1.58. The molecule has 2 atom stereocenters. The van der Waals surface area contributed by atoms with Crippen molar-refractivity contribution in [3.05, 3.63) is 67.9 Å². The number of aromatic amines is 1. The van der Waals surface area contributed by atoms with Crippen molar-refractivity contribution in [1.29, 1.82) is 5.26 Å². The normalized spacial score (nSPS) is 18.8. The lowest BCUT2D eigenvalue weighted by Gasteiger charge is -2.28. The van der Waals surface area contributed by atoms with Crippen molar-refractivity contribution in [2.45, 2.75) is 12.3 Å². The summed E-state index contributed by atoms with van der Waals surface area (Å²) in [6.45, 7) is 1.00. The number of hydrogen-bond donors (Lipinski definition) is 3. The number of amides is 1. The van der Waals surface area contributed by atoms with Gasteiger partial charge < -0.3 is 20.1 Å². The summed E-state index contributed by atoms with van der Waals surface area (Å²) in [5.74, 6) is -1.32. The van der Waals surface area contributed by atoms with Crippen molar-refractivity contribution >= 4 is 46.6 Å². The molecule has 0 fully saturated rings. The van der Waals surface area contributed by atoms with E-state index in [0.717, 1.165) is 6.42 Å². The number of halogens is 2. The van der Waals surface area contributed by atoms with Crippen LogP contribution in [0.2, 0.25) is 10.0 Å². The zero-order valence-corrected chi connectivity index (χ0v) is 19.0. The maximum Gasteiger partial charge on any atom is 0.258 e. The quantitative estimate of drug-likeness (QED) is 0.494. The smallest absolute Gasteiger partial charge is 0.258 e. The molecule has 2 aliphatic rings. The summed E-state index contributed by atoms with van der Waals surface area (Å²) in [5, 5.41) is 16.1. The van der Waals surface area contributed by atoms with Gasteiger partial charge >= 0.3 is 0 Å². The van der Waals surface area contributed by atoms with E-state index >= 15 is 0 Å². The first-order valence-corrected chi connectivity index (χ1v) is 11.2. The van der Waals surface area contributed by atoms with E-state index < -0.39 is 23.3 Å². The SMILES string of the molecule is N#CC1C(=O)Nc2nc(Nc3cc(Cl)cc(Cl)c3)[nH]c(=O)c2C1c1ccc2c(c1)OCCCO2. The van der Waals surface area contributed by atoms with Crippen LogP contribution < -0.4 is 25.7 Å². The number of hydrogen-bond acceptors (Lipinski definition) is 7. The minimum atomic E-state index is -1.13. The molecule has 11 heteroatoms. The summed E-state index contributed by atoms with van der Waals surface area (Å²) in [4.78, 5) is 33.0. The molecule has 2 aliphatic heterocycles. The van der Waals surface area contributed by atoms with E-state index in [0.29, 0.717) is 46.0 Å². The number of anilines is 3. The van der Waals surface area contributed by atoms with Gasteiger partial charge in [0.05, 0.1) is 24.8 Å². The van der Waals surface area contributed by atoms with Gasteiger partial charge in [-0.25, -0.2) is 0 Å². The van der Waals surface area contributed by atoms with Crippen molar-refractivity contribution in [3.8, 4) is 17.6 Å². The first-order valence-electron chi connectivity index (χ1n) is 10.4. The number of H-pyrrole nitrogens is 1. The van der Waals surface area contributed by atoms with E-state index in [9.17, 15) is 14.9 Å². The van der Waals surface area contributed by atoms with Crippen LogP contribution in [0.4, 0.5) is 17.5 Å². The molecule has 1 aromatic heterocycles. The number of carbonyl (C=O) groups excluding carboxylic acids is 1. The van der Waals surface area contributed by atoms with Gasteiger partial charge in [-0.3, -0.25) is 14.6 Å². The maximum atomic E-state index is 13.2. The van der Waals surface area contributed by atoms with E-state index in [-0.39, 0.29) is 17.3 Å². The Morgan fingerprint density at radius 2 is 1.79 bits per heavy atom.